The van der Waals surface area contributed by atoms with Crippen LogP contribution < -0.4 is 10.4 Å². The zero-order valence-corrected chi connectivity index (χ0v) is 21.1. The van der Waals surface area contributed by atoms with Crippen molar-refractivity contribution in [3.8, 4) is 16.3 Å². The second-order valence-corrected chi connectivity index (χ2v) is 10.9. The molecule has 3 atom stereocenters. The Kier molecular flexibility index (Phi) is 5.57. The van der Waals surface area contributed by atoms with Gasteiger partial charge < -0.3 is 14.7 Å². The number of benzene rings is 1. The summed E-state index contributed by atoms with van der Waals surface area (Å²) in [6, 6.07) is 3.31. The maximum Gasteiger partial charge on any atom is 0.278 e. The van der Waals surface area contributed by atoms with E-state index in [1.807, 2.05) is 12.1 Å². The molecule has 3 heterocycles. The third-order valence-electron chi connectivity index (χ3n) is 7.94. The van der Waals surface area contributed by atoms with Gasteiger partial charge in [0.05, 0.1) is 12.2 Å². The number of amides is 1. The molecule has 9 nitrogen and oxygen atoms in total. The molecule has 194 valence electrons. The summed E-state index contributed by atoms with van der Waals surface area (Å²) >= 11 is 1.08. The average molecular weight is 530 g/mol. The summed E-state index contributed by atoms with van der Waals surface area (Å²) in [5.41, 5.74) is -1.06. The number of carbonyl (C=O) groups is 1. The Balaban J connectivity index is 1.41. The van der Waals surface area contributed by atoms with E-state index in [1.165, 1.54) is 18.3 Å². The highest BCUT2D eigenvalue weighted by Gasteiger charge is 2.66. The highest BCUT2D eigenvalue weighted by atomic mass is 32.1. The van der Waals surface area contributed by atoms with Crippen LogP contribution in [-0.4, -0.2) is 63.8 Å². The van der Waals surface area contributed by atoms with Crippen LogP contribution in [0.15, 0.2) is 29.2 Å². The molecule has 1 spiro atoms. The SMILES string of the molecule is COCCN1C(=O)c2c(O)c(=O)c(-c3nnc(Cc4ccc(F)cc4F)s3)cn2N(C)C12CC[C@H]1C[C@H]12. The molecule has 0 radical (unpaired) electrons. The van der Waals surface area contributed by atoms with Crippen molar-refractivity contribution in [1.82, 2.24) is 19.8 Å². The predicted octanol–water partition coefficient (Wildman–Crippen LogP) is 2.74. The van der Waals surface area contributed by atoms with Crippen LogP contribution >= 0.6 is 11.3 Å². The molecule has 2 fully saturated rings. The summed E-state index contributed by atoms with van der Waals surface area (Å²) < 4.78 is 34.2. The van der Waals surface area contributed by atoms with Crippen molar-refractivity contribution < 1.29 is 23.4 Å². The Morgan fingerprint density at radius 3 is 2.76 bits per heavy atom. The lowest BCUT2D eigenvalue weighted by atomic mass is 9.97. The van der Waals surface area contributed by atoms with Gasteiger partial charge in [-0.1, -0.05) is 17.4 Å². The smallest absolute Gasteiger partial charge is 0.278 e. The first kappa shape index (κ1) is 24.0. The number of ether oxygens (including phenoxy) is 1. The quantitative estimate of drug-likeness (QED) is 0.524. The van der Waals surface area contributed by atoms with E-state index < -0.39 is 34.4 Å². The largest absolute Gasteiger partial charge is 0.502 e. The Bertz CT molecular complexity index is 1480. The summed E-state index contributed by atoms with van der Waals surface area (Å²) in [7, 11) is 3.44. The van der Waals surface area contributed by atoms with E-state index in [1.54, 1.807) is 16.7 Å². The lowest BCUT2D eigenvalue weighted by molar-refractivity contribution is 0.0113. The minimum absolute atomic E-state index is 0.0705. The number of methoxy groups -OCH3 is 1. The molecule has 1 N–H and O–H groups in total. The van der Waals surface area contributed by atoms with E-state index in [4.69, 9.17) is 4.74 Å². The van der Waals surface area contributed by atoms with Crippen LogP contribution in [0.1, 0.15) is 40.3 Å². The minimum Gasteiger partial charge on any atom is -0.502 e. The van der Waals surface area contributed by atoms with Crippen molar-refractivity contribution in [2.45, 2.75) is 31.3 Å². The van der Waals surface area contributed by atoms with Gasteiger partial charge in [-0.15, -0.1) is 10.2 Å². The number of nitrogens with zero attached hydrogens (tertiary/aromatic N) is 5. The maximum atomic E-state index is 14.1. The number of hydrogen-bond acceptors (Lipinski definition) is 8. The van der Waals surface area contributed by atoms with Crippen LogP contribution in [-0.2, 0) is 11.2 Å². The fraction of sp³-hybridized carbons (Fsp3) is 0.440. The van der Waals surface area contributed by atoms with Gasteiger partial charge in [0.15, 0.2) is 16.5 Å². The number of fused-ring (bicyclic) bond motifs is 3. The Labute approximate surface area is 214 Å². The summed E-state index contributed by atoms with van der Waals surface area (Å²) in [6.45, 7) is 0.683. The molecular formula is C25H25F2N5O4S. The molecule has 1 aliphatic heterocycles. The zero-order valence-electron chi connectivity index (χ0n) is 20.3. The van der Waals surface area contributed by atoms with Crippen molar-refractivity contribution in [2.75, 3.05) is 32.3 Å². The van der Waals surface area contributed by atoms with E-state index in [0.29, 0.717) is 30.0 Å². The number of halogens is 2. The van der Waals surface area contributed by atoms with Crippen LogP contribution in [0.4, 0.5) is 8.78 Å². The average Bonchev–Trinajstić information content (AvgIpc) is 3.35. The normalized spacial score (nSPS) is 24.1. The second-order valence-electron chi connectivity index (χ2n) is 9.82. The summed E-state index contributed by atoms with van der Waals surface area (Å²) in [6.07, 6.45) is 4.40. The first-order chi connectivity index (χ1) is 17.8. The van der Waals surface area contributed by atoms with Gasteiger partial charge in [0.25, 0.3) is 5.91 Å². The lowest BCUT2D eigenvalue weighted by Gasteiger charge is -2.54. The second kappa shape index (κ2) is 8.59. The molecule has 3 aromatic rings. The fourth-order valence-corrected chi connectivity index (χ4v) is 6.90. The third-order valence-corrected chi connectivity index (χ3v) is 8.89. The van der Waals surface area contributed by atoms with E-state index >= 15 is 0 Å². The highest BCUT2D eigenvalue weighted by Crippen LogP contribution is 2.61. The van der Waals surface area contributed by atoms with E-state index in [-0.39, 0.29) is 28.2 Å². The molecule has 1 amide bonds. The van der Waals surface area contributed by atoms with Gasteiger partial charge in [-0.25, -0.2) is 8.78 Å². The van der Waals surface area contributed by atoms with Crippen molar-refractivity contribution in [2.24, 2.45) is 11.8 Å². The molecule has 12 heteroatoms. The van der Waals surface area contributed by atoms with E-state index in [2.05, 4.69) is 10.2 Å². The molecule has 6 rings (SSSR count). The number of hydrogen-bond donors (Lipinski definition) is 1. The van der Waals surface area contributed by atoms with Crippen molar-refractivity contribution in [3.63, 3.8) is 0 Å². The van der Waals surface area contributed by atoms with Crippen molar-refractivity contribution >= 4 is 17.2 Å². The van der Waals surface area contributed by atoms with Crippen molar-refractivity contribution in [1.29, 1.82) is 0 Å². The van der Waals surface area contributed by atoms with Gasteiger partial charge in [0, 0.05) is 45.3 Å². The molecule has 3 aliphatic rings. The molecule has 2 saturated carbocycles. The maximum absolute atomic E-state index is 14.1. The molecule has 37 heavy (non-hydrogen) atoms. The fourth-order valence-electron chi connectivity index (χ4n) is 6.03. The number of aromatic nitrogens is 3. The van der Waals surface area contributed by atoms with E-state index in [0.717, 1.165) is 36.7 Å². The van der Waals surface area contributed by atoms with Crippen LogP contribution in [0.25, 0.3) is 10.6 Å². The van der Waals surface area contributed by atoms with Gasteiger partial charge in [-0.3, -0.25) is 19.3 Å². The summed E-state index contributed by atoms with van der Waals surface area (Å²) in [5, 5.41) is 21.8. The molecule has 1 unspecified atom stereocenters. The zero-order chi connectivity index (χ0) is 26.1. The number of aromatic hydroxyl groups is 1. The number of rotatable bonds is 6. The van der Waals surface area contributed by atoms with Gasteiger partial charge >= 0.3 is 0 Å². The van der Waals surface area contributed by atoms with Crippen LogP contribution in [0.3, 0.4) is 0 Å². The van der Waals surface area contributed by atoms with Gasteiger partial charge in [-0.2, -0.15) is 0 Å². The Hall–Kier alpha value is -3.38. The van der Waals surface area contributed by atoms with Crippen LogP contribution in [0.2, 0.25) is 0 Å². The minimum atomic E-state index is -0.734. The topological polar surface area (TPSA) is 101 Å². The van der Waals surface area contributed by atoms with Crippen LogP contribution in [0.5, 0.6) is 5.75 Å². The molecule has 0 bridgehead atoms. The molecule has 2 aromatic heterocycles. The number of pyridine rings is 1. The third kappa shape index (κ3) is 3.57. The summed E-state index contributed by atoms with van der Waals surface area (Å²) in [5.74, 6) is -1.58. The van der Waals surface area contributed by atoms with Crippen molar-refractivity contribution in [3.05, 3.63) is 62.5 Å². The van der Waals surface area contributed by atoms with Gasteiger partial charge in [-0.05, 0) is 36.8 Å². The Morgan fingerprint density at radius 1 is 1.27 bits per heavy atom. The molecule has 2 aliphatic carbocycles. The van der Waals surface area contributed by atoms with E-state index in [9.17, 15) is 23.5 Å². The van der Waals surface area contributed by atoms with Gasteiger partial charge in [0.2, 0.25) is 5.43 Å². The first-order valence-electron chi connectivity index (χ1n) is 12.1. The summed E-state index contributed by atoms with van der Waals surface area (Å²) in [4.78, 5) is 28.7. The highest BCUT2D eigenvalue weighted by molar-refractivity contribution is 7.14. The predicted molar refractivity (Wildman–Crippen MR) is 131 cm³/mol. The molecule has 0 saturated heterocycles. The molecule has 1 aromatic carbocycles. The Morgan fingerprint density at radius 2 is 2.08 bits per heavy atom. The monoisotopic (exact) mass is 529 g/mol. The standard InChI is InChI=1S/C25H25F2N5O4S/c1-30-25(6-5-13-9-17(13)25)31(7-8-36-2)24(35)20-22(34)21(33)16(12-32(20)30)23-29-28-19(37-23)10-14-3-4-15(26)11-18(14)27/h3-4,11-13,17,34H,5-10H2,1-2H3/t13-,17+,25?/m0/s1. The number of carbonyl (C=O) groups excluding carboxylic acids is 1. The lowest BCUT2D eigenvalue weighted by Crippen LogP contribution is -2.70. The first-order valence-corrected chi connectivity index (χ1v) is 12.9. The van der Waals surface area contributed by atoms with Crippen LogP contribution in [0, 0.1) is 23.5 Å². The van der Waals surface area contributed by atoms with Gasteiger partial charge in [0.1, 0.15) is 22.3 Å². The molecular weight excluding hydrogens is 504 g/mol.